The minimum Gasteiger partial charge on any atom is -0.748 e. The summed E-state index contributed by atoms with van der Waals surface area (Å²) in [5.74, 6) is -6.41. The van der Waals surface area contributed by atoms with Crippen molar-refractivity contribution >= 4 is 68.7 Å². The van der Waals surface area contributed by atoms with Crippen molar-refractivity contribution in [2.75, 3.05) is 52.7 Å². The zero-order valence-corrected chi connectivity index (χ0v) is 62.0. The number of Topliss-reactive ketones (excluding diaryl/α,β-unsaturated/α-hetero) is 4. The van der Waals surface area contributed by atoms with E-state index in [4.69, 9.17) is 18.9 Å². The Morgan fingerprint density at radius 2 is 1.04 bits per heavy atom. The average Bonchev–Trinajstić information content (AvgIpc) is 0.824. The molecule has 2 aliphatic rings. The quantitative estimate of drug-likeness (QED) is 0.0194. The summed E-state index contributed by atoms with van der Waals surface area (Å²) < 4.78 is 53.3. The van der Waals surface area contributed by atoms with Gasteiger partial charge in [0.05, 0.1) is 34.1 Å². The molecule has 2 fully saturated rings. The molecule has 10 N–H and O–H groups in total. The summed E-state index contributed by atoms with van der Waals surface area (Å²) in [6.45, 7) is 24.0. The number of carbonyl (C=O) groups excluding carboxylic acids is 10. The van der Waals surface area contributed by atoms with Crippen LogP contribution < -0.4 is 56.1 Å². The van der Waals surface area contributed by atoms with Crippen LogP contribution >= 0.6 is 0 Å². The number of hydrogen-bond acceptors (Lipinski definition) is 22. The molecule has 6 amide bonds. The molecule has 0 radical (unpaired) electrons. The molecule has 0 aromatic carbocycles. The van der Waals surface area contributed by atoms with Gasteiger partial charge in [-0.3, -0.25) is 47.9 Å². The van der Waals surface area contributed by atoms with E-state index in [0.717, 1.165) is 12.8 Å². The largest absolute Gasteiger partial charge is 1.00 e. The Morgan fingerprint density at radius 1 is 0.526 bits per heavy atom. The summed E-state index contributed by atoms with van der Waals surface area (Å²) in [5.41, 5.74) is 0. The molecule has 0 aliphatic carbocycles. The van der Waals surface area contributed by atoms with Gasteiger partial charge in [0.1, 0.15) is 42.1 Å². The Balaban J connectivity index is 0.00000192. The Kier molecular flexibility index (Phi) is 44.5. The first-order valence-electron chi connectivity index (χ1n) is 33.3. The van der Waals surface area contributed by atoms with Crippen molar-refractivity contribution < 1.29 is 135 Å². The maximum absolute atomic E-state index is 13.6. The third-order valence-corrected chi connectivity index (χ3v) is 17.4. The van der Waals surface area contributed by atoms with Gasteiger partial charge in [-0.1, -0.05) is 103 Å². The van der Waals surface area contributed by atoms with Gasteiger partial charge in [0.25, 0.3) is 5.91 Å². The zero-order chi connectivity index (χ0) is 71.9. The summed E-state index contributed by atoms with van der Waals surface area (Å²) in [6, 6.07) is -1.60. The van der Waals surface area contributed by atoms with Crippen LogP contribution in [0.1, 0.15) is 180 Å². The number of rotatable bonds is 43. The molecule has 0 aromatic rings. The molecular weight excluding hydrogens is 1270 g/mol. The van der Waals surface area contributed by atoms with E-state index >= 15 is 0 Å². The van der Waals surface area contributed by atoms with Gasteiger partial charge in [0.15, 0.2) is 30.3 Å². The van der Waals surface area contributed by atoms with Crippen LogP contribution in [-0.4, -0.2) is 222 Å². The van der Waals surface area contributed by atoms with E-state index in [1.807, 2.05) is 41.5 Å². The predicted octanol–water partition coefficient (Wildman–Crippen LogP) is -1.24. The average molecular weight is 1390 g/mol. The summed E-state index contributed by atoms with van der Waals surface area (Å²) in [5, 5.41) is 64.0. The molecule has 0 aromatic heterocycles. The van der Waals surface area contributed by atoms with Gasteiger partial charge in [-0.2, -0.15) is 0 Å². The third-order valence-electron chi connectivity index (χ3n) is 16.7. The number of nitrogens with zero attached hydrogens (tertiary/aromatic N) is 1. The number of amides is 6. The van der Waals surface area contributed by atoms with Crippen LogP contribution in [0.5, 0.6) is 0 Å². The standard InChI is InChI=1S/C35H62N4O14S.C30H54N2O8.Na/c1-20(2)12-15-39(29(44)11-10-26(41)36-14-17-54(49,50)51)16-13-28(43)38-30(21(3)4)24(40)18-23(31(45)22(5)6)8-9-27(42)37-19-25-32(46)33(47)34(48)35(52-7)53-25;1-17(2)12-11-14-23(34)32-24(18(3)4)22(33)16-21(25(35)19(5)6)13-9-10-15-31-29(38)28-27(37)26(36)20(7)30(39-8)40-28;/h20-23,25,30,32-35,46-48H,8-19H2,1-7H3,(H,36,41)(H,37,42)(H,38,43)(H,49,50,51);17-21,24,26-28,30,36-37H,9-16H2,1-8H3,(H,31,38)(H,32,34);/q;;+1/p-1/t23-,25-,30+,32-,33+,34-,35-;20-,21-,24+,26-,27+,28?,30-;/m11./s1. The molecule has 2 aliphatic heterocycles. The normalized spacial score (nSPS) is 22.6. The minimum atomic E-state index is -4.50. The number of aliphatic hydroxyl groups is 5. The number of ether oxygens (including phenoxy) is 4. The van der Waals surface area contributed by atoms with Crippen molar-refractivity contribution in [3.8, 4) is 0 Å². The molecule has 1 unspecified atom stereocenters. The molecule has 28 nitrogen and oxygen atoms in total. The first-order valence-corrected chi connectivity index (χ1v) is 34.9. The van der Waals surface area contributed by atoms with Gasteiger partial charge in [0, 0.05) is 121 Å². The molecule has 0 bridgehead atoms. The second kappa shape index (κ2) is 46.4. The third kappa shape index (κ3) is 34.6. The van der Waals surface area contributed by atoms with Crippen molar-refractivity contribution in [1.82, 2.24) is 31.5 Å². The second-order valence-corrected chi connectivity index (χ2v) is 28.5. The number of unbranched alkanes of at least 4 members (excludes halogenated alkanes) is 1. The van der Waals surface area contributed by atoms with E-state index in [0.29, 0.717) is 44.6 Å². The number of ketones is 4. The fraction of sp³-hybridized carbons (Fsp3) is 0.846. The molecule has 0 saturated carbocycles. The van der Waals surface area contributed by atoms with Crippen LogP contribution in [-0.2, 0) is 77.0 Å². The van der Waals surface area contributed by atoms with Crippen LogP contribution in [0.4, 0.5) is 0 Å². The zero-order valence-electron chi connectivity index (χ0n) is 59.2. The number of methoxy groups -OCH3 is 2. The second-order valence-electron chi connectivity index (χ2n) is 27.0. The van der Waals surface area contributed by atoms with E-state index in [-0.39, 0.29) is 148 Å². The predicted molar refractivity (Wildman–Crippen MR) is 345 cm³/mol. The summed E-state index contributed by atoms with van der Waals surface area (Å²) >= 11 is 0. The van der Waals surface area contributed by atoms with Crippen LogP contribution in [0.15, 0.2) is 0 Å². The molecule has 544 valence electrons. The van der Waals surface area contributed by atoms with Gasteiger partial charge >= 0.3 is 29.6 Å². The molecule has 2 saturated heterocycles. The number of aliphatic hydroxyl groups excluding tert-OH is 5. The van der Waals surface area contributed by atoms with E-state index in [1.54, 1.807) is 34.6 Å². The fourth-order valence-corrected chi connectivity index (χ4v) is 11.1. The number of hydrogen-bond donors (Lipinski definition) is 10. The molecule has 2 heterocycles. The molecule has 14 atom stereocenters. The summed E-state index contributed by atoms with van der Waals surface area (Å²) in [7, 11) is -1.84. The molecule has 0 spiro atoms. The Labute approximate surface area is 585 Å². The molecule has 2 rings (SSSR count). The molecule has 95 heavy (non-hydrogen) atoms. The fourth-order valence-electron chi connectivity index (χ4n) is 10.8. The van der Waals surface area contributed by atoms with E-state index in [9.17, 15) is 86.4 Å². The van der Waals surface area contributed by atoms with Gasteiger partial charge in [0.2, 0.25) is 29.5 Å². The van der Waals surface area contributed by atoms with E-state index < -0.39 is 142 Å². The molecule has 30 heteroatoms. The Hall–Kier alpha value is -3.95. The van der Waals surface area contributed by atoms with Gasteiger partial charge < -0.3 is 80.5 Å². The monoisotopic (exact) mass is 1390 g/mol. The van der Waals surface area contributed by atoms with Crippen LogP contribution in [0.25, 0.3) is 0 Å². The van der Waals surface area contributed by atoms with Crippen molar-refractivity contribution in [1.29, 1.82) is 0 Å². The van der Waals surface area contributed by atoms with Crippen molar-refractivity contribution in [3.05, 3.63) is 0 Å². The van der Waals surface area contributed by atoms with Gasteiger partial charge in [-0.05, 0) is 55.8 Å². The molecular formula is C65H115N6NaO22S. The maximum Gasteiger partial charge on any atom is 1.00 e. The van der Waals surface area contributed by atoms with Crippen LogP contribution in [0.2, 0.25) is 0 Å². The first-order chi connectivity index (χ1) is 43.8. The Bertz CT molecular complexity index is 2500. The summed E-state index contributed by atoms with van der Waals surface area (Å²) in [4.78, 5) is 130. The Morgan fingerprint density at radius 3 is 1.54 bits per heavy atom. The van der Waals surface area contributed by atoms with Gasteiger partial charge in [-0.15, -0.1) is 0 Å². The SMILES string of the molecule is CO[C@@H]1OC(C(=O)NCCCC[C@H](CC(=O)[C@@H](NC(=O)CCCC(C)C)C(C)C)C(=O)C(C)C)[C@@H](O)[C@H](O)[C@H]1C.CO[C@@H]1O[C@H](CNC(=O)CC[C@H](CC(=O)[C@@H](NC(=O)CCN(CCC(C)C)C(=O)CCC(=O)NCCS(=O)(=O)[O-])C(C)C)C(=O)C(C)C)[C@@H](O)[C@H](O)[C@H]1O.[Na+]. The number of nitrogens with one attached hydrogen (secondary N) is 5. The minimum absolute atomic E-state index is 0. The van der Waals surface area contributed by atoms with Crippen molar-refractivity contribution in [2.45, 2.75) is 247 Å². The first kappa shape index (κ1) is 91.1. The van der Waals surface area contributed by atoms with Gasteiger partial charge in [-0.25, -0.2) is 8.42 Å². The summed E-state index contributed by atoms with van der Waals surface area (Å²) in [6.07, 6.45) is -8.01. The van der Waals surface area contributed by atoms with Crippen molar-refractivity contribution in [3.63, 3.8) is 0 Å². The van der Waals surface area contributed by atoms with Crippen LogP contribution in [0, 0.1) is 53.3 Å². The van der Waals surface area contributed by atoms with E-state index in [1.165, 1.54) is 19.1 Å². The van der Waals surface area contributed by atoms with Crippen LogP contribution in [0.3, 0.4) is 0 Å². The topological polar surface area (TPSA) is 429 Å². The maximum atomic E-state index is 13.6. The smallest absolute Gasteiger partial charge is 0.748 e. The van der Waals surface area contributed by atoms with Crippen molar-refractivity contribution in [2.24, 2.45) is 53.3 Å². The number of carbonyl (C=O) groups is 10. The van der Waals surface area contributed by atoms with E-state index in [2.05, 4.69) is 40.4 Å².